The molecule has 0 N–H and O–H groups in total. The fraction of sp³-hybridized carbons (Fsp3) is 0. The molecule has 54 heavy (non-hydrogen) atoms. The van der Waals surface area contributed by atoms with E-state index in [-0.39, 0.29) is 0 Å². The summed E-state index contributed by atoms with van der Waals surface area (Å²) in [4.78, 5) is 15.0. The van der Waals surface area contributed by atoms with Crippen LogP contribution in [0.2, 0.25) is 0 Å². The largest absolute Gasteiger partial charge is 0.309 e. The number of hydrogen-bond acceptors (Lipinski definition) is 3. The molecule has 0 aliphatic rings. The van der Waals surface area contributed by atoms with E-state index in [1.807, 2.05) is 30.5 Å². The highest BCUT2D eigenvalue weighted by Gasteiger charge is 2.17. The van der Waals surface area contributed by atoms with E-state index in [0.717, 1.165) is 72.2 Å². The molecule has 0 saturated carbocycles. The average Bonchev–Trinajstić information content (AvgIpc) is 3.76. The van der Waals surface area contributed by atoms with Crippen LogP contribution in [0.5, 0.6) is 0 Å². The van der Waals surface area contributed by atoms with E-state index < -0.39 is 0 Å². The summed E-state index contributed by atoms with van der Waals surface area (Å²) >= 11 is 0. The molecule has 0 atom stereocenters. The van der Waals surface area contributed by atoms with Crippen molar-refractivity contribution < 1.29 is 0 Å². The van der Waals surface area contributed by atoms with E-state index in [2.05, 4.69) is 167 Å². The first kappa shape index (κ1) is 30.3. The van der Waals surface area contributed by atoms with Crippen LogP contribution in [-0.4, -0.2) is 24.1 Å². The Hall–Kier alpha value is -7.37. The third-order valence-electron chi connectivity index (χ3n) is 10.6. The maximum absolute atomic E-state index is 5.11. The molecule has 0 unspecified atom stereocenters. The zero-order chi connectivity index (χ0) is 35.6. The summed E-state index contributed by atoms with van der Waals surface area (Å²) < 4.78 is 4.64. The van der Waals surface area contributed by atoms with E-state index >= 15 is 0 Å². The van der Waals surface area contributed by atoms with Crippen molar-refractivity contribution in [1.82, 2.24) is 24.1 Å². The minimum Gasteiger partial charge on any atom is -0.309 e. The number of nitrogens with zero attached hydrogens (tertiary/aromatic N) is 5. The predicted molar refractivity (Wildman–Crippen MR) is 222 cm³/mol. The summed E-state index contributed by atoms with van der Waals surface area (Å²) in [7, 11) is 0. The summed E-state index contributed by atoms with van der Waals surface area (Å²) in [6.45, 7) is 0. The standard InChI is InChI=1S/C49H31N5/c1-3-12-32(13-4-1)47-42-17-7-9-19-43(42)51-48(52-47)33-21-25-37(26-22-33)54-46-31-35(24-28-40(46)41-18-11-29-50-49(41)54)34-23-27-39-38-16-8-10-20-44(38)53(45(39)30-34)36-14-5-2-6-15-36/h1-31H. The van der Waals surface area contributed by atoms with Crippen molar-refractivity contribution in [2.24, 2.45) is 0 Å². The number of hydrogen-bond donors (Lipinski definition) is 0. The minimum absolute atomic E-state index is 0.699. The third kappa shape index (κ3) is 4.76. The Morgan fingerprint density at radius 2 is 0.926 bits per heavy atom. The number of aromatic nitrogens is 5. The number of rotatable bonds is 5. The molecule has 11 aromatic rings. The van der Waals surface area contributed by atoms with E-state index in [9.17, 15) is 0 Å². The second-order valence-electron chi connectivity index (χ2n) is 13.7. The smallest absolute Gasteiger partial charge is 0.160 e. The zero-order valence-corrected chi connectivity index (χ0v) is 29.1. The van der Waals surface area contributed by atoms with Crippen molar-refractivity contribution in [3.05, 3.63) is 188 Å². The predicted octanol–water partition coefficient (Wildman–Crippen LogP) is 12.2. The topological polar surface area (TPSA) is 48.5 Å². The molecule has 5 nitrogen and oxygen atoms in total. The molecule has 5 heteroatoms. The molecule has 0 aliphatic carbocycles. The van der Waals surface area contributed by atoms with Gasteiger partial charge in [0, 0.05) is 55.6 Å². The van der Waals surface area contributed by atoms with Crippen molar-refractivity contribution >= 4 is 54.6 Å². The number of para-hydroxylation sites is 3. The zero-order valence-electron chi connectivity index (χ0n) is 29.1. The first-order chi connectivity index (χ1) is 26.8. The van der Waals surface area contributed by atoms with Crippen LogP contribution in [0.1, 0.15) is 0 Å². The first-order valence-electron chi connectivity index (χ1n) is 18.2. The lowest BCUT2D eigenvalue weighted by molar-refractivity contribution is 1.13. The third-order valence-corrected chi connectivity index (χ3v) is 10.6. The monoisotopic (exact) mass is 689 g/mol. The van der Waals surface area contributed by atoms with E-state index in [4.69, 9.17) is 15.0 Å². The van der Waals surface area contributed by atoms with Gasteiger partial charge in [-0.2, -0.15) is 0 Å². The van der Waals surface area contributed by atoms with Gasteiger partial charge in [-0.05, 0) is 83.9 Å². The van der Waals surface area contributed by atoms with Gasteiger partial charge < -0.3 is 4.57 Å². The van der Waals surface area contributed by atoms with E-state index in [1.165, 1.54) is 21.8 Å². The van der Waals surface area contributed by atoms with Crippen LogP contribution in [0.4, 0.5) is 0 Å². The van der Waals surface area contributed by atoms with Gasteiger partial charge in [0.15, 0.2) is 5.82 Å². The summed E-state index contributed by atoms with van der Waals surface area (Å²) in [5.74, 6) is 0.699. The molecule has 4 heterocycles. The molecule has 7 aromatic carbocycles. The quantitative estimate of drug-likeness (QED) is 0.181. The van der Waals surface area contributed by atoms with Crippen LogP contribution in [-0.2, 0) is 0 Å². The highest BCUT2D eigenvalue weighted by atomic mass is 15.0. The van der Waals surface area contributed by atoms with Gasteiger partial charge in [0.05, 0.1) is 27.8 Å². The van der Waals surface area contributed by atoms with Crippen LogP contribution < -0.4 is 0 Å². The van der Waals surface area contributed by atoms with Crippen LogP contribution in [0, 0.1) is 0 Å². The van der Waals surface area contributed by atoms with Crippen molar-refractivity contribution in [1.29, 1.82) is 0 Å². The molecule has 0 saturated heterocycles. The van der Waals surface area contributed by atoms with Gasteiger partial charge in [0.2, 0.25) is 0 Å². The van der Waals surface area contributed by atoms with Gasteiger partial charge in [0.25, 0.3) is 0 Å². The Kier molecular flexibility index (Phi) is 6.79. The summed E-state index contributed by atoms with van der Waals surface area (Å²) in [5.41, 5.74) is 12.8. The maximum Gasteiger partial charge on any atom is 0.160 e. The molecule has 11 rings (SSSR count). The molecule has 0 radical (unpaired) electrons. The van der Waals surface area contributed by atoms with E-state index in [1.54, 1.807) is 0 Å². The molecular formula is C49H31N5. The maximum atomic E-state index is 5.11. The molecule has 0 amide bonds. The highest BCUT2D eigenvalue weighted by Crippen LogP contribution is 2.38. The Morgan fingerprint density at radius 1 is 0.352 bits per heavy atom. The lowest BCUT2D eigenvalue weighted by atomic mass is 10.0. The van der Waals surface area contributed by atoms with Gasteiger partial charge in [-0.15, -0.1) is 0 Å². The Balaban J connectivity index is 1.05. The van der Waals surface area contributed by atoms with Crippen LogP contribution in [0.3, 0.4) is 0 Å². The molecule has 0 aliphatic heterocycles. The van der Waals surface area contributed by atoms with Crippen LogP contribution in [0.15, 0.2) is 188 Å². The molecule has 252 valence electrons. The Bertz CT molecular complexity index is 3200. The fourth-order valence-electron chi connectivity index (χ4n) is 8.07. The molecule has 4 aromatic heterocycles. The van der Waals surface area contributed by atoms with E-state index in [0.29, 0.717) is 5.82 Å². The highest BCUT2D eigenvalue weighted by molar-refractivity contribution is 6.11. The summed E-state index contributed by atoms with van der Waals surface area (Å²) in [6, 6.07) is 64.2. The van der Waals surface area contributed by atoms with Gasteiger partial charge in [-0.25, -0.2) is 15.0 Å². The van der Waals surface area contributed by atoms with Gasteiger partial charge in [-0.1, -0.05) is 109 Å². The Labute approximate surface area is 311 Å². The van der Waals surface area contributed by atoms with Crippen molar-refractivity contribution in [3.63, 3.8) is 0 Å². The average molecular weight is 690 g/mol. The second kappa shape index (κ2) is 12.1. The van der Waals surface area contributed by atoms with Crippen molar-refractivity contribution in [2.75, 3.05) is 0 Å². The number of fused-ring (bicyclic) bond motifs is 7. The number of pyridine rings is 1. The van der Waals surface area contributed by atoms with Gasteiger partial charge >= 0.3 is 0 Å². The normalized spacial score (nSPS) is 11.7. The molecular weight excluding hydrogens is 659 g/mol. The number of benzene rings is 7. The summed E-state index contributed by atoms with van der Waals surface area (Å²) in [6.07, 6.45) is 1.87. The second-order valence-corrected chi connectivity index (χ2v) is 13.7. The molecule has 0 bridgehead atoms. The lowest BCUT2D eigenvalue weighted by Crippen LogP contribution is -1.97. The first-order valence-corrected chi connectivity index (χ1v) is 18.2. The fourth-order valence-corrected chi connectivity index (χ4v) is 8.07. The van der Waals surface area contributed by atoms with Crippen molar-refractivity contribution in [2.45, 2.75) is 0 Å². The van der Waals surface area contributed by atoms with Gasteiger partial charge in [-0.3, -0.25) is 4.57 Å². The summed E-state index contributed by atoms with van der Waals surface area (Å²) in [5, 5.41) is 5.81. The SMILES string of the molecule is c1ccc(-c2nc(-c3ccc(-n4c5cc(-c6ccc7c8ccccc8n(-c8ccccc8)c7c6)ccc5c5cccnc54)cc3)nc3ccccc23)cc1. The van der Waals surface area contributed by atoms with Crippen LogP contribution >= 0.6 is 0 Å². The minimum atomic E-state index is 0.699. The van der Waals surface area contributed by atoms with Gasteiger partial charge in [0.1, 0.15) is 5.65 Å². The van der Waals surface area contributed by atoms with Crippen molar-refractivity contribution in [3.8, 4) is 45.1 Å². The molecule has 0 fully saturated rings. The van der Waals surface area contributed by atoms with Crippen LogP contribution in [0.25, 0.3) is 99.8 Å². The lowest BCUT2D eigenvalue weighted by Gasteiger charge is -2.12. The Morgan fingerprint density at radius 3 is 1.70 bits per heavy atom. The molecule has 0 spiro atoms.